The minimum atomic E-state index is -4.96. The molecule has 0 aromatic heterocycles. The molecule has 0 heterocycles. The summed E-state index contributed by atoms with van der Waals surface area (Å²) in [6, 6.07) is 0. The van der Waals surface area contributed by atoms with Crippen molar-refractivity contribution >= 4 is 39.5 Å². The molecule has 17 nitrogen and oxygen atoms in total. The number of esters is 4. The van der Waals surface area contributed by atoms with E-state index in [-0.39, 0.29) is 25.7 Å². The Bertz CT molecular complexity index is 1940. The molecule has 5 atom stereocenters. The average Bonchev–Trinajstić information content (AvgIpc) is 0.993. The first kappa shape index (κ1) is 97.1. The molecule has 0 saturated carbocycles. The van der Waals surface area contributed by atoms with Crippen molar-refractivity contribution in [1.82, 2.24) is 0 Å². The van der Waals surface area contributed by atoms with E-state index >= 15 is 0 Å². The van der Waals surface area contributed by atoms with Crippen molar-refractivity contribution in [3.8, 4) is 0 Å². The molecule has 0 saturated heterocycles. The molecule has 0 aliphatic rings. The summed E-state index contributed by atoms with van der Waals surface area (Å²) >= 11 is 0. The van der Waals surface area contributed by atoms with Gasteiger partial charge in [0, 0.05) is 25.7 Å². The molecule has 0 bridgehead atoms. The van der Waals surface area contributed by atoms with E-state index in [0.29, 0.717) is 31.6 Å². The van der Waals surface area contributed by atoms with Crippen LogP contribution in [-0.2, 0) is 65.4 Å². The molecule has 3 N–H and O–H groups in total. The van der Waals surface area contributed by atoms with E-state index in [0.717, 1.165) is 114 Å². The second-order valence-corrected chi connectivity index (χ2v) is 33.6. The highest BCUT2D eigenvalue weighted by atomic mass is 31.2. The van der Waals surface area contributed by atoms with E-state index in [1.54, 1.807) is 0 Å². The lowest BCUT2D eigenvalue weighted by molar-refractivity contribution is -0.161. The van der Waals surface area contributed by atoms with E-state index in [1.165, 1.54) is 205 Å². The first-order chi connectivity index (χ1) is 47.6. The van der Waals surface area contributed by atoms with Crippen molar-refractivity contribution in [3.63, 3.8) is 0 Å². The molecular weight excluding hydrogens is 1290 g/mol. The summed E-state index contributed by atoms with van der Waals surface area (Å²) in [5.41, 5.74) is 0. The molecule has 0 aliphatic carbocycles. The second-order valence-electron chi connectivity index (χ2n) is 30.7. The summed E-state index contributed by atoms with van der Waals surface area (Å²) in [6.45, 7) is 14.2. The SMILES string of the molecule is CC(C)CCCCCCCCCCCCCCCCCCCCC(=O)O[C@H](COC(=O)CCCCCCCCCCCCCCCC(C)C)COP(=O)(O)OC[C@@H](O)COP(=O)(O)OC[C@@H](COC(=O)CCCCCCCCC(C)C)OC(=O)CCCCCCCCCCCCC(C)C. The summed E-state index contributed by atoms with van der Waals surface area (Å²) in [5.74, 6) is 0.925. The number of carbonyl (C=O) groups is 4. The lowest BCUT2D eigenvalue weighted by Gasteiger charge is -2.21. The second kappa shape index (κ2) is 69.1. The third kappa shape index (κ3) is 74.1. The number of phosphoric acid groups is 2. The Hall–Kier alpha value is -1.94. The van der Waals surface area contributed by atoms with Crippen LogP contribution in [0.2, 0.25) is 0 Å². The molecule has 0 aromatic carbocycles. The molecule has 0 aliphatic heterocycles. The van der Waals surface area contributed by atoms with Crippen molar-refractivity contribution in [2.75, 3.05) is 39.6 Å². The monoisotopic (exact) mass is 1450 g/mol. The molecule has 0 radical (unpaired) electrons. The van der Waals surface area contributed by atoms with Crippen LogP contribution < -0.4 is 0 Å². The van der Waals surface area contributed by atoms with Gasteiger partial charge in [0.15, 0.2) is 12.2 Å². The molecule has 2 unspecified atom stereocenters. The van der Waals surface area contributed by atoms with Gasteiger partial charge in [-0.2, -0.15) is 0 Å². The van der Waals surface area contributed by atoms with E-state index < -0.39 is 97.5 Å². The molecule has 588 valence electrons. The van der Waals surface area contributed by atoms with Crippen LogP contribution in [0.3, 0.4) is 0 Å². The maximum atomic E-state index is 13.1. The molecular formula is C80H156O17P2. The summed E-state index contributed by atoms with van der Waals surface area (Å²) in [4.78, 5) is 72.9. The van der Waals surface area contributed by atoms with Gasteiger partial charge in [-0.15, -0.1) is 0 Å². The Morgan fingerprint density at radius 2 is 0.424 bits per heavy atom. The standard InChI is InChI=1S/C80H156O17P2/c1-70(2)56-48-40-32-26-20-16-13-11-9-10-12-14-18-23-30-36-46-54-62-79(84)96-75(66-90-77(82)60-52-44-35-29-22-19-15-17-21-27-33-41-49-57-71(3)4)68-94-98(86,87)92-64-74(81)65-93-99(88,89)95-69-76(67-91-78(83)61-53-45-39-38-43-51-59-73(7)8)97-80(85)63-55-47-37-31-25-24-28-34-42-50-58-72(5)6/h70-76,81H,9-69H2,1-8H3,(H,86,87)(H,88,89)/t74-,75-,76-/m1/s1. The number of unbranched alkanes of at least 4 members (excludes halogenated alkanes) is 43. The Morgan fingerprint density at radius 3 is 0.626 bits per heavy atom. The van der Waals surface area contributed by atoms with Crippen molar-refractivity contribution in [2.45, 2.75) is 427 Å². The quantitative estimate of drug-likeness (QED) is 0.0222. The summed E-state index contributed by atoms with van der Waals surface area (Å²) in [7, 11) is -9.92. The molecule has 99 heavy (non-hydrogen) atoms. The van der Waals surface area contributed by atoms with E-state index in [2.05, 4.69) is 55.4 Å². The van der Waals surface area contributed by atoms with Gasteiger partial charge in [-0.3, -0.25) is 37.3 Å². The summed E-state index contributed by atoms with van der Waals surface area (Å²) in [6.07, 6.45) is 55.7. The number of aliphatic hydroxyl groups excluding tert-OH is 1. The van der Waals surface area contributed by atoms with Crippen LogP contribution >= 0.6 is 15.6 Å². The molecule has 0 amide bonds. The number of ether oxygens (including phenoxy) is 4. The van der Waals surface area contributed by atoms with Gasteiger partial charge in [-0.25, -0.2) is 9.13 Å². The fourth-order valence-corrected chi connectivity index (χ4v) is 13.8. The lowest BCUT2D eigenvalue weighted by atomic mass is 10.0. The zero-order valence-corrected chi connectivity index (χ0v) is 66.9. The number of carbonyl (C=O) groups excluding carboxylic acids is 4. The van der Waals surface area contributed by atoms with E-state index in [1.807, 2.05) is 0 Å². The predicted octanol–water partition coefficient (Wildman–Crippen LogP) is 23.6. The average molecular weight is 1450 g/mol. The van der Waals surface area contributed by atoms with Crippen molar-refractivity contribution in [3.05, 3.63) is 0 Å². The predicted molar refractivity (Wildman–Crippen MR) is 404 cm³/mol. The third-order valence-electron chi connectivity index (χ3n) is 18.6. The number of hydrogen-bond acceptors (Lipinski definition) is 15. The van der Waals surface area contributed by atoms with Gasteiger partial charge in [0.1, 0.15) is 19.3 Å². The van der Waals surface area contributed by atoms with Crippen LogP contribution in [0.5, 0.6) is 0 Å². The van der Waals surface area contributed by atoms with Gasteiger partial charge in [0.05, 0.1) is 26.4 Å². The van der Waals surface area contributed by atoms with Gasteiger partial charge in [0.2, 0.25) is 0 Å². The maximum absolute atomic E-state index is 13.1. The van der Waals surface area contributed by atoms with Crippen LogP contribution in [0, 0.1) is 23.7 Å². The van der Waals surface area contributed by atoms with Crippen LogP contribution in [0.25, 0.3) is 0 Å². The Labute approximate surface area is 607 Å². The molecule has 0 aromatic rings. The molecule has 0 rings (SSSR count). The summed E-state index contributed by atoms with van der Waals surface area (Å²) < 4.78 is 68.6. The highest BCUT2D eigenvalue weighted by molar-refractivity contribution is 7.47. The fourth-order valence-electron chi connectivity index (χ4n) is 12.3. The van der Waals surface area contributed by atoms with E-state index in [4.69, 9.17) is 37.0 Å². The van der Waals surface area contributed by atoms with Crippen LogP contribution in [-0.4, -0.2) is 96.7 Å². The Kier molecular flexibility index (Phi) is 67.8. The highest BCUT2D eigenvalue weighted by Gasteiger charge is 2.30. The van der Waals surface area contributed by atoms with Gasteiger partial charge in [-0.05, 0) is 49.4 Å². The zero-order valence-electron chi connectivity index (χ0n) is 65.1. The number of hydrogen-bond donors (Lipinski definition) is 3. The lowest BCUT2D eigenvalue weighted by Crippen LogP contribution is -2.30. The largest absolute Gasteiger partial charge is 0.472 e. The topological polar surface area (TPSA) is 237 Å². The smallest absolute Gasteiger partial charge is 0.462 e. The molecule has 0 spiro atoms. The normalized spacial score (nSPS) is 14.1. The maximum Gasteiger partial charge on any atom is 0.472 e. The minimum absolute atomic E-state index is 0.105. The van der Waals surface area contributed by atoms with Crippen molar-refractivity contribution in [1.29, 1.82) is 0 Å². The molecule has 19 heteroatoms. The first-order valence-corrected chi connectivity index (χ1v) is 44.2. The van der Waals surface area contributed by atoms with Crippen LogP contribution in [0.1, 0.15) is 409 Å². The van der Waals surface area contributed by atoms with Gasteiger partial charge < -0.3 is 33.8 Å². The van der Waals surface area contributed by atoms with Crippen molar-refractivity contribution in [2.24, 2.45) is 23.7 Å². The van der Waals surface area contributed by atoms with E-state index in [9.17, 15) is 43.2 Å². The highest BCUT2D eigenvalue weighted by Crippen LogP contribution is 2.45. The fraction of sp³-hybridized carbons (Fsp3) is 0.950. The van der Waals surface area contributed by atoms with Crippen LogP contribution in [0.15, 0.2) is 0 Å². The first-order valence-electron chi connectivity index (χ1n) is 41.2. The molecule has 0 fully saturated rings. The Balaban J connectivity index is 5.21. The number of rotatable bonds is 77. The van der Waals surface area contributed by atoms with Gasteiger partial charge in [-0.1, -0.05) is 357 Å². The Morgan fingerprint density at radius 1 is 0.253 bits per heavy atom. The summed E-state index contributed by atoms with van der Waals surface area (Å²) in [5, 5.41) is 10.6. The van der Waals surface area contributed by atoms with Crippen molar-refractivity contribution < 1.29 is 80.2 Å². The van der Waals surface area contributed by atoms with Gasteiger partial charge >= 0.3 is 39.5 Å². The third-order valence-corrected chi connectivity index (χ3v) is 20.5. The van der Waals surface area contributed by atoms with Gasteiger partial charge in [0.25, 0.3) is 0 Å². The van der Waals surface area contributed by atoms with Crippen LogP contribution in [0.4, 0.5) is 0 Å². The zero-order chi connectivity index (χ0) is 73.1. The number of aliphatic hydroxyl groups is 1. The minimum Gasteiger partial charge on any atom is -0.462 e. The number of phosphoric ester groups is 2.